The third-order valence-corrected chi connectivity index (χ3v) is 3.66. The zero-order valence-corrected chi connectivity index (χ0v) is 12.1. The van der Waals surface area contributed by atoms with Crippen molar-refractivity contribution in [1.82, 2.24) is 5.32 Å². The van der Waals surface area contributed by atoms with E-state index in [2.05, 4.69) is 5.32 Å². The van der Waals surface area contributed by atoms with Crippen LogP contribution in [0.4, 0.5) is 18.9 Å². The standard InChI is InChI=1S/C14H18ClF3N2/c1-2-20(9-14(16,17)18)12-6-3-10(13(15)7-12)8-19-11-4-5-11/h3,6-7,11,19H,2,4-5,8-9H2,1H3. The van der Waals surface area contributed by atoms with E-state index in [1.807, 2.05) is 0 Å². The Morgan fingerprint density at radius 2 is 2.05 bits per heavy atom. The van der Waals surface area contributed by atoms with Crippen molar-refractivity contribution in [1.29, 1.82) is 0 Å². The predicted octanol–water partition coefficient (Wildman–Crippen LogP) is 3.98. The Morgan fingerprint density at radius 1 is 1.35 bits per heavy atom. The molecule has 1 aromatic carbocycles. The van der Waals surface area contributed by atoms with Gasteiger partial charge in [-0.3, -0.25) is 0 Å². The molecule has 0 aliphatic heterocycles. The van der Waals surface area contributed by atoms with Crippen LogP contribution < -0.4 is 10.2 Å². The van der Waals surface area contributed by atoms with Gasteiger partial charge in [0.15, 0.2) is 0 Å². The molecule has 1 saturated carbocycles. The second-order valence-corrected chi connectivity index (χ2v) is 5.47. The van der Waals surface area contributed by atoms with Crippen LogP contribution in [0.3, 0.4) is 0 Å². The molecule has 0 aromatic heterocycles. The topological polar surface area (TPSA) is 15.3 Å². The molecule has 0 unspecified atom stereocenters. The molecule has 0 heterocycles. The maximum absolute atomic E-state index is 12.5. The lowest BCUT2D eigenvalue weighted by Crippen LogP contribution is -2.34. The number of hydrogen-bond acceptors (Lipinski definition) is 2. The van der Waals surface area contributed by atoms with Gasteiger partial charge in [-0.05, 0) is 37.5 Å². The third kappa shape index (κ3) is 4.56. The molecule has 1 fully saturated rings. The molecule has 1 aromatic rings. The fraction of sp³-hybridized carbons (Fsp3) is 0.571. The molecule has 0 radical (unpaired) electrons. The van der Waals surface area contributed by atoms with Crippen molar-refractivity contribution in [2.45, 2.75) is 38.5 Å². The Hall–Kier alpha value is -0.940. The molecule has 0 spiro atoms. The first-order valence-electron chi connectivity index (χ1n) is 6.72. The summed E-state index contributed by atoms with van der Waals surface area (Å²) in [5, 5.41) is 3.85. The first-order chi connectivity index (χ1) is 9.39. The highest BCUT2D eigenvalue weighted by Crippen LogP contribution is 2.27. The number of hydrogen-bond donors (Lipinski definition) is 1. The number of halogens is 4. The Balaban J connectivity index is 2.05. The molecule has 1 aliphatic rings. The summed E-state index contributed by atoms with van der Waals surface area (Å²) in [6.07, 6.45) is -1.84. The van der Waals surface area contributed by atoms with Gasteiger partial charge in [-0.2, -0.15) is 13.2 Å². The zero-order chi connectivity index (χ0) is 14.8. The van der Waals surface area contributed by atoms with Gasteiger partial charge in [0.1, 0.15) is 6.54 Å². The third-order valence-electron chi connectivity index (χ3n) is 3.31. The minimum atomic E-state index is -4.21. The average Bonchev–Trinajstić information content (AvgIpc) is 3.17. The van der Waals surface area contributed by atoms with Crippen molar-refractivity contribution >= 4 is 17.3 Å². The van der Waals surface area contributed by atoms with Crippen LogP contribution in [0.5, 0.6) is 0 Å². The van der Waals surface area contributed by atoms with Gasteiger partial charge in [-0.1, -0.05) is 17.7 Å². The highest BCUT2D eigenvalue weighted by atomic mass is 35.5. The fourth-order valence-corrected chi connectivity index (χ4v) is 2.26. The van der Waals surface area contributed by atoms with E-state index in [9.17, 15) is 13.2 Å². The monoisotopic (exact) mass is 306 g/mol. The molecular formula is C14H18ClF3N2. The lowest BCUT2D eigenvalue weighted by molar-refractivity contribution is -0.119. The fourth-order valence-electron chi connectivity index (χ4n) is 2.02. The van der Waals surface area contributed by atoms with Crippen LogP contribution >= 0.6 is 11.6 Å². The minimum absolute atomic E-state index is 0.287. The average molecular weight is 307 g/mol. The molecule has 0 saturated heterocycles. The first-order valence-corrected chi connectivity index (χ1v) is 7.10. The second-order valence-electron chi connectivity index (χ2n) is 5.06. The van der Waals surface area contributed by atoms with Gasteiger partial charge in [-0.25, -0.2) is 0 Å². The van der Waals surface area contributed by atoms with Crippen molar-refractivity contribution in [3.63, 3.8) is 0 Å². The number of benzene rings is 1. The van der Waals surface area contributed by atoms with Gasteiger partial charge in [0, 0.05) is 29.8 Å². The van der Waals surface area contributed by atoms with Gasteiger partial charge in [0.05, 0.1) is 0 Å². The number of rotatable bonds is 6. The maximum Gasteiger partial charge on any atom is 0.405 e. The Labute approximate surface area is 121 Å². The Kier molecular flexibility index (Phi) is 4.81. The van der Waals surface area contributed by atoms with Gasteiger partial charge in [0.2, 0.25) is 0 Å². The van der Waals surface area contributed by atoms with Gasteiger partial charge < -0.3 is 10.2 Å². The van der Waals surface area contributed by atoms with Gasteiger partial charge in [-0.15, -0.1) is 0 Å². The highest BCUT2D eigenvalue weighted by Gasteiger charge is 2.30. The largest absolute Gasteiger partial charge is 0.405 e. The number of nitrogens with one attached hydrogen (secondary N) is 1. The summed E-state index contributed by atoms with van der Waals surface area (Å²) in [4.78, 5) is 1.27. The Morgan fingerprint density at radius 3 is 2.55 bits per heavy atom. The van der Waals surface area contributed by atoms with Gasteiger partial charge >= 0.3 is 6.18 Å². The van der Waals surface area contributed by atoms with Crippen LogP contribution in [-0.2, 0) is 6.54 Å². The van der Waals surface area contributed by atoms with Crippen LogP contribution in [0.1, 0.15) is 25.3 Å². The van der Waals surface area contributed by atoms with E-state index in [0.717, 1.165) is 5.56 Å². The number of nitrogens with zero attached hydrogens (tertiary/aromatic N) is 1. The van der Waals surface area contributed by atoms with Crippen LogP contribution in [0.2, 0.25) is 5.02 Å². The normalized spacial score (nSPS) is 15.4. The smallest absolute Gasteiger partial charge is 0.363 e. The first kappa shape index (κ1) is 15.4. The van der Waals surface area contributed by atoms with E-state index in [4.69, 9.17) is 11.6 Å². The maximum atomic E-state index is 12.5. The minimum Gasteiger partial charge on any atom is -0.363 e. The van der Waals surface area contributed by atoms with Crippen molar-refractivity contribution in [3.05, 3.63) is 28.8 Å². The summed E-state index contributed by atoms with van der Waals surface area (Å²) in [6, 6.07) is 5.68. The zero-order valence-electron chi connectivity index (χ0n) is 11.3. The lowest BCUT2D eigenvalue weighted by Gasteiger charge is -2.25. The number of alkyl halides is 3. The molecule has 0 bridgehead atoms. The van der Waals surface area contributed by atoms with E-state index in [0.29, 0.717) is 23.3 Å². The van der Waals surface area contributed by atoms with E-state index in [1.54, 1.807) is 25.1 Å². The molecule has 1 aliphatic carbocycles. The summed E-state index contributed by atoms with van der Waals surface area (Å²) in [5.74, 6) is 0. The summed E-state index contributed by atoms with van der Waals surface area (Å²) in [5.41, 5.74) is 1.43. The molecule has 1 N–H and O–H groups in total. The SMILES string of the molecule is CCN(CC(F)(F)F)c1ccc(CNC2CC2)c(Cl)c1. The number of anilines is 1. The lowest BCUT2D eigenvalue weighted by atomic mass is 10.2. The van der Waals surface area contributed by atoms with Crippen LogP contribution in [0.15, 0.2) is 18.2 Å². The van der Waals surface area contributed by atoms with E-state index in [-0.39, 0.29) is 6.54 Å². The van der Waals surface area contributed by atoms with Crippen molar-refractivity contribution in [3.8, 4) is 0 Å². The Bertz CT molecular complexity index is 458. The van der Waals surface area contributed by atoms with Crippen LogP contribution in [0, 0.1) is 0 Å². The molecular weight excluding hydrogens is 289 g/mol. The molecule has 2 rings (SSSR count). The quantitative estimate of drug-likeness (QED) is 0.855. The van der Waals surface area contributed by atoms with Crippen molar-refractivity contribution in [2.24, 2.45) is 0 Å². The van der Waals surface area contributed by atoms with Crippen LogP contribution in [-0.4, -0.2) is 25.3 Å². The molecule has 6 heteroatoms. The summed E-state index contributed by atoms with van der Waals surface area (Å²) < 4.78 is 37.5. The predicted molar refractivity (Wildman–Crippen MR) is 75.3 cm³/mol. The van der Waals surface area contributed by atoms with E-state index in [1.165, 1.54) is 17.7 Å². The molecule has 0 amide bonds. The summed E-state index contributed by atoms with van der Waals surface area (Å²) in [7, 11) is 0. The van der Waals surface area contributed by atoms with E-state index < -0.39 is 12.7 Å². The summed E-state index contributed by atoms with van der Waals surface area (Å²) in [6.45, 7) is 1.69. The second kappa shape index (κ2) is 6.22. The molecule has 20 heavy (non-hydrogen) atoms. The molecule has 112 valence electrons. The van der Waals surface area contributed by atoms with Crippen molar-refractivity contribution in [2.75, 3.05) is 18.0 Å². The molecule has 2 nitrogen and oxygen atoms in total. The van der Waals surface area contributed by atoms with Crippen LogP contribution in [0.25, 0.3) is 0 Å². The molecule has 0 atom stereocenters. The van der Waals surface area contributed by atoms with Crippen molar-refractivity contribution < 1.29 is 13.2 Å². The van der Waals surface area contributed by atoms with E-state index >= 15 is 0 Å². The van der Waals surface area contributed by atoms with Gasteiger partial charge in [0.25, 0.3) is 0 Å². The summed E-state index contributed by atoms with van der Waals surface area (Å²) >= 11 is 6.16. The highest BCUT2D eigenvalue weighted by molar-refractivity contribution is 6.31.